The summed E-state index contributed by atoms with van der Waals surface area (Å²) in [5.41, 5.74) is 2.39. The zero-order valence-electron chi connectivity index (χ0n) is 17.0. The standard InChI is InChI=1S/C25H21ClN2O3/c1-27(16-18-10-7-11-19(26)14-18)25(31)22(15-17-8-3-2-4-9-17)28-23(29)20-12-5-6-13-21(20)24(28)30/h2-14,22H,15-16H2,1H3. The van der Waals surface area contributed by atoms with Gasteiger partial charge in [0.1, 0.15) is 6.04 Å². The third-order valence-electron chi connectivity index (χ3n) is 5.38. The van der Waals surface area contributed by atoms with Crippen LogP contribution < -0.4 is 0 Å². The van der Waals surface area contributed by atoms with Crippen molar-refractivity contribution in [3.05, 3.63) is 106 Å². The van der Waals surface area contributed by atoms with Crippen molar-refractivity contribution >= 4 is 29.3 Å². The summed E-state index contributed by atoms with van der Waals surface area (Å²) in [6, 6.07) is 22.4. The molecular formula is C25H21ClN2O3. The third kappa shape index (κ3) is 4.23. The van der Waals surface area contributed by atoms with Gasteiger partial charge in [-0.3, -0.25) is 19.3 Å². The highest BCUT2D eigenvalue weighted by Crippen LogP contribution is 2.27. The molecule has 0 aromatic heterocycles. The molecule has 156 valence electrons. The molecule has 6 heteroatoms. The van der Waals surface area contributed by atoms with Crippen molar-refractivity contribution in [2.24, 2.45) is 0 Å². The van der Waals surface area contributed by atoms with E-state index in [0.717, 1.165) is 16.0 Å². The molecule has 1 atom stereocenters. The minimum absolute atomic E-state index is 0.241. The van der Waals surface area contributed by atoms with E-state index in [1.165, 1.54) is 4.90 Å². The second kappa shape index (κ2) is 8.74. The van der Waals surface area contributed by atoms with Gasteiger partial charge < -0.3 is 4.90 Å². The summed E-state index contributed by atoms with van der Waals surface area (Å²) in [6.07, 6.45) is 0.241. The molecule has 3 aromatic rings. The Morgan fingerprint density at radius 3 is 2.06 bits per heavy atom. The molecule has 1 unspecified atom stereocenters. The van der Waals surface area contributed by atoms with E-state index in [2.05, 4.69) is 0 Å². The van der Waals surface area contributed by atoms with E-state index in [1.807, 2.05) is 42.5 Å². The summed E-state index contributed by atoms with van der Waals surface area (Å²) in [6.45, 7) is 0.313. The maximum atomic E-state index is 13.5. The topological polar surface area (TPSA) is 57.7 Å². The molecule has 31 heavy (non-hydrogen) atoms. The zero-order chi connectivity index (χ0) is 22.0. The van der Waals surface area contributed by atoms with Gasteiger partial charge in [0.25, 0.3) is 11.8 Å². The highest BCUT2D eigenvalue weighted by atomic mass is 35.5. The predicted molar refractivity (Wildman–Crippen MR) is 119 cm³/mol. The van der Waals surface area contributed by atoms with Gasteiger partial charge in [-0.25, -0.2) is 0 Å². The molecule has 0 spiro atoms. The lowest BCUT2D eigenvalue weighted by Crippen LogP contribution is -2.51. The van der Waals surface area contributed by atoms with Gasteiger partial charge in [0, 0.05) is 25.0 Å². The Labute approximate surface area is 185 Å². The first-order valence-electron chi connectivity index (χ1n) is 9.96. The van der Waals surface area contributed by atoms with E-state index >= 15 is 0 Å². The quantitative estimate of drug-likeness (QED) is 0.548. The van der Waals surface area contributed by atoms with Gasteiger partial charge >= 0.3 is 0 Å². The Hall–Kier alpha value is -3.44. The molecule has 3 amide bonds. The molecule has 4 rings (SSSR count). The van der Waals surface area contributed by atoms with Crippen LogP contribution >= 0.6 is 11.6 Å². The van der Waals surface area contributed by atoms with E-state index in [0.29, 0.717) is 22.7 Å². The molecule has 0 fully saturated rings. The van der Waals surface area contributed by atoms with Crippen molar-refractivity contribution < 1.29 is 14.4 Å². The number of fused-ring (bicyclic) bond motifs is 1. The Morgan fingerprint density at radius 2 is 1.45 bits per heavy atom. The van der Waals surface area contributed by atoms with Gasteiger partial charge in [0.05, 0.1) is 11.1 Å². The van der Waals surface area contributed by atoms with Gasteiger partial charge in [-0.05, 0) is 35.4 Å². The largest absolute Gasteiger partial charge is 0.340 e. The lowest BCUT2D eigenvalue weighted by atomic mass is 10.0. The van der Waals surface area contributed by atoms with E-state index in [1.54, 1.807) is 43.4 Å². The fourth-order valence-corrected chi connectivity index (χ4v) is 4.07. The molecule has 1 aliphatic heterocycles. The SMILES string of the molecule is CN(Cc1cccc(Cl)c1)C(=O)C(Cc1ccccc1)N1C(=O)c2ccccc2C1=O. The van der Waals surface area contributed by atoms with Gasteiger partial charge in [-0.15, -0.1) is 0 Å². The van der Waals surface area contributed by atoms with Crippen LogP contribution in [-0.2, 0) is 17.8 Å². The Bertz CT molecular complexity index is 1110. The summed E-state index contributed by atoms with van der Waals surface area (Å²) >= 11 is 6.07. The van der Waals surface area contributed by atoms with Crippen LogP contribution in [0.4, 0.5) is 0 Å². The van der Waals surface area contributed by atoms with E-state index in [9.17, 15) is 14.4 Å². The highest BCUT2D eigenvalue weighted by molar-refractivity contribution is 6.30. The van der Waals surface area contributed by atoms with Crippen LogP contribution in [0.2, 0.25) is 5.02 Å². The minimum atomic E-state index is -0.945. The predicted octanol–water partition coefficient (Wildman–Crippen LogP) is 4.21. The second-order valence-corrected chi connectivity index (χ2v) is 7.99. The van der Waals surface area contributed by atoms with Crippen LogP contribution in [0.5, 0.6) is 0 Å². The molecule has 0 N–H and O–H groups in total. The van der Waals surface area contributed by atoms with Gasteiger partial charge in [0.15, 0.2) is 0 Å². The highest BCUT2D eigenvalue weighted by Gasteiger charge is 2.43. The van der Waals surface area contributed by atoms with Crippen molar-refractivity contribution in [2.45, 2.75) is 19.0 Å². The maximum absolute atomic E-state index is 13.5. The summed E-state index contributed by atoms with van der Waals surface area (Å²) in [5, 5.41) is 0.583. The Balaban J connectivity index is 1.65. The van der Waals surface area contributed by atoms with Gasteiger partial charge in [-0.2, -0.15) is 0 Å². The van der Waals surface area contributed by atoms with E-state index < -0.39 is 17.9 Å². The fraction of sp³-hybridized carbons (Fsp3) is 0.160. The van der Waals surface area contributed by atoms with E-state index in [4.69, 9.17) is 11.6 Å². The number of halogens is 1. The van der Waals surface area contributed by atoms with Crippen LogP contribution in [0.1, 0.15) is 31.8 Å². The molecule has 1 aliphatic rings. The Kier molecular flexibility index (Phi) is 5.87. The van der Waals surface area contributed by atoms with Crippen LogP contribution in [0, 0.1) is 0 Å². The van der Waals surface area contributed by atoms with Crippen LogP contribution in [0.15, 0.2) is 78.9 Å². The van der Waals surface area contributed by atoms with Crippen molar-refractivity contribution in [3.8, 4) is 0 Å². The van der Waals surface area contributed by atoms with Crippen molar-refractivity contribution in [2.75, 3.05) is 7.05 Å². The molecule has 1 heterocycles. The number of rotatable bonds is 6. The molecule has 0 radical (unpaired) electrons. The van der Waals surface area contributed by atoms with Crippen molar-refractivity contribution in [1.29, 1.82) is 0 Å². The number of hydrogen-bond acceptors (Lipinski definition) is 3. The molecular weight excluding hydrogens is 412 g/mol. The van der Waals surface area contributed by atoms with Crippen molar-refractivity contribution in [1.82, 2.24) is 9.80 Å². The lowest BCUT2D eigenvalue weighted by Gasteiger charge is -2.29. The second-order valence-electron chi connectivity index (χ2n) is 7.56. The number of nitrogens with zero attached hydrogens (tertiary/aromatic N) is 2. The summed E-state index contributed by atoms with van der Waals surface area (Å²) in [7, 11) is 1.67. The average Bonchev–Trinajstić information content (AvgIpc) is 3.03. The van der Waals surface area contributed by atoms with Crippen LogP contribution in [0.25, 0.3) is 0 Å². The average molecular weight is 433 g/mol. The lowest BCUT2D eigenvalue weighted by molar-refractivity contribution is -0.134. The molecule has 0 saturated heterocycles. The smallest absolute Gasteiger partial charge is 0.262 e. The summed E-state index contributed by atoms with van der Waals surface area (Å²) in [4.78, 5) is 42.3. The number of carbonyl (C=O) groups is 3. The fourth-order valence-electron chi connectivity index (χ4n) is 3.86. The third-order valence-corrected chi connectivity index (χ3v) is 5.61. The minimum Gasteiger partial charge on any atom is -0.340 e. The molecule has 5 nitrogen and oxygen atoms in total. The van der Waals surface area contributed by atoms with Crippen molar-refractivity contribution in [3.63, 3.8) is 0 Å². The van der Waals surface area contributed by atoms with Gasteiger partial charge in [-0.1, -0.05) is 66.2 Å². The summed E-state index contributed by atoms with van der Waals surface area (Å²) in [5.74, 6) is -1.18. The molecule has 0 aliphatic carbocycles. The van der Waals surface area contributed by atoms with Crippen LogP contribution in [-0.4, -0.2) is 40.6 Å². The number of imide groups is 1. The number of carbonyl (C=O) groups excluding carboxylic acids is 3. The van der Waals surface area contributed by atoms with Crippen LogP contribution in [0.3, 0.4) is 0 Å². The normalized spacial score (nSPS) is 13.8. The first kappa shape index (κ1) is 20.8. The monoisotopic (exact) mass is 432 g/mol. The summed E-state index contributed by atoms with van der Waals surface area (Å²) < 4.78 is 0. The Morgan fingerprint density at radius 1 is 0.871 bits per heavy atom. The number of amides is 3. The molecule has 0 saturated carbocycles. The maximum Gasteiger partial charge on any atom is 0.262 e. The first-order valence-corrected chi connectivity index (χ1v) is 10.3. The number of hydrogen-bond donors (Lipinski definition) is 0. The first-order chi connectivity index (χ1) is 15.0. The number of likely N-dealkylation sites (N-methyl/N-ethyl adjacent to an activating group) is 1. The molecule has 3 aromatic carbocycles. The van der Waals surface area contributed by atoms with Gasteiger partial charge in [0.2, 0.25) is 5.91 Å². The zero-order valence-corrected chi connectivity index (χ0v) is 17.8. The molecule has 0 bridgehead atoms. The van der Waals surface area contributed by atoms with E-state index in [-0.39, 0.29) is 12.3 Å². The number of benzene rings is 3.